The Morgan fingerprint density at radius 3 is 2.31 bits per heavy atom. The molecule has 4 atom stereocenters. The number of amides is 1. The lowest BCUT2D eigenvalue weighted by Crippen LogP contribution is -2.53. The minimum Gasteiger partial charge on any atom is -0.497 e. The van der Waals surface area contributed by atoms with Gasteiger partial charge in [-0.25, -0.2) is 14.7 Å². The van der Waals surface area contributed by atoms with E-state index < -0.39 is 35.9 Å². The number of methoxy groups -OCH3 is 2. The average Bonchev–Trinajstić information content (AvgIpc) is 3.80. The summed E-state index contributed by atoms with van der Waals surface area (Å²) in [4.78, 5) is 39.9. The van der Waals surface area contributed by atoms with Gasteiger partial charge in [-0.3, -0.25) is 30.5 Å². The average molecular weight is 865 g/mol. The van der Waals surface area contributed by atoms with E-state index in [1.165, 1.54) is 0 Å². The van der Waals surface area contributed by atoms with Crippen molar-refractivity contribution in [3.63, 3.8) is 0 Å². The van der Waals surface area contributed by atoms with Crippen LogP contribution >= 0.6 is 0 Å². The summed E-state index contributed by atoms with van der Waals surface area (Å²) in [6, 6.07) is 13.0. The number of unbranched alkanes of at least 4 members (excludes halogenated alkanes) is 2. The zero-order valence-electron chi connectivity index (χ0n) is 34.3. The zero-order valence-corrected chi connectivity index (χ0v) is 34.3. The largest absolute Gasteiger partial charge is 0.508 e. The lowest BCUT2D eigenvalue weighted by Gasteiger charge is -2.44. The molecule has 0 radical (unpaired) electrons. The van der Waals surface area contributed by atoms with E-state index in [9.17, 15) is 9.59 Å². The number of fused-ring (bicyclic) bond motifs is 1. The highest BCUT2D eigenvalue weighted by Crippen LogP contribution is 2.39. The highest BCUT2D eigenvalue weighted by molar-refractivity contribution is 5.68. The highest BCUT2D eigenvalue weighted by atomic mass is 17.1. The van der Waals surface area contributed by atoms with E-state index in [0.717, 1.165) is 42.1 Å². The number of H-pyrrole nitrogens is 1. The number of ether oxygens (including phenoxy) is 7. The molecule has 2 aliphatic rings. The second-order valence-electron chi connectivity index (χ2n) is 14.2. The van der Waals surface area contributed by atoms with E-state index >= 15 is 0 Å². The van der Waals surface area contributed by atoms with Crippen molar-refractivity contribution in [2.75, 3.05) is 78.4 Å². The Morgan fingerprint density at radius 1 is 0.918 bits per heavy atom. The van der Waals surface area contributed by atoms with Gasteiger partial charge in [0, 0.05) is 38.6 Å². The first-order valence-corrected chi connectivity index (χ1v) is 20.0. The van der Waals surface area contributed by atoms with Gasteiger partial charge in [-0.2, -0.15) is 0 Å². The maximum Gasteiger partial charge on any atom is 0.508 e. The molecule has 3 aromatic rings. The molecule has 4 unspecified atom stereocenters. The van der Waals surface area contributed by atoms with Crippen molar-refractivity contribution in [2.45, 2.75) is 75.7 Å². The smallest absolute Gasteiger partial charge is 0.497 e. The molecule has 338 valence electrons. The normalized spacial score (nSPS) is 18.1. The maximum absolute atomic E-state index is 14.0. The Balaban J connectivity index is 1.37. The Morgan fingerprint density at radius 2 is 1.64 bits per heavy atom. The first-order valence-electron chi connectivity index (χ1n) is 20.0. The number of nitrogens with one attached hydrogen (secondary N) is 1. The topological polar surface area (TPSA) is 266 Å². The molecule has 23 nitrogen and oxygen atoms in total. The SMILES string of the molecule is COCCCN1CCOc2ccc(COC3CN(C(=O)OCCCCON(O)O)C(CC(OC(=O)OCCCCON(O)O)c4nnn[nH]4)CC3c3ccc(OC)cc3)cc21. The third-order valence-corrected chi connectivity index (χ3v) is 10.1. The molecule has 61 heavy (non-hydrogen) atoms. The van der Waals surface area contributed by atoms with E-state index in [1.807, 2.05) is 36.4 Å². The molecule has 5 rings (SSSR count). The number of anilines is 1. The summed E-state index contributed by atoms with van der Waals surface area (Å²) >= 11 is 0. The number of carbonyl (C=O) groups is 2. The molecule has 0 bridgehead atoms. The second-order valence-corrected chi connectivity index (χ2v) is 14.2. The lowest BCUT2D eigenvalue weighted by atomic mass is 9.81. The van der Waals surface area contributed by atoms with Crippen molar-refractivity contribution in [3.8, 4) is 11.5 Å². The standard InChI is InChI=1S/C38H56N8O15/c1-53-16-7-14-43-15-21-55-33-13-8-27(22-32(33)43)26-58-35-25-44(37(47)56-17-3-5-19-59-45(49)50)29(23-31(35)28-9-11-30(54-2)12-10-28)24-34(36-39-41-42-40-36)61-38(48)57-18-4-6-20-60-46(51)52/h8-13,22,29,31,34-35,49-52H,3-7,14-21,23-26H2,1-2H3,(H,39,40,41,42). The molecular formula is C38H56N8O15. The van der Waals surface area contributed by atoms with E-state index in [4.69, 9.17) is 54.0 Å². The summed E-state index contributed by atoms with van der Waals surface area (Å²) in [5.74, 6) is 1.32. The van der Waals surface area contributed by atoms with Crippen LogP contribution in [0.2, 0.25) is 0 Å². The van der Waals surface area contributed by atoms with Crippen molar-refractivity contribution in [1.29, 1.82) is 0 Å². The third kappa shape index (κ3) is 15.2. The molecule has 23 heteroatoms. The number of tetrazole rings is 1. The quantitative estimate of drug-likeness (QED) is 0.0454. The molecule has 0 saturated carbocycles. The third-order valence-electron chi connectivity index (χ3n) is 10.1. The molecule has 1 aromatic heterocycles. The Labute approximate surface area is 352 Å². The first-order chi connectivity index (χ1) is 29.6. The highest BCUT2D eigenvalue weighted by Gasteiger charge is 2.42. The van der Waals surface area contributed by atoms with Gasteiger partial charge >= 0.3 is 12.2 Å². The fourth-order valence-electron chi connectivity index (χ4n) is 7.12. The van der Waals surface area contributed by atoms with Gasteiger partial charge in [-0.15, -0.1) is 5.10 Å². The predicted molar refractivity (Wildman–Crippen MR) is 207 cm³/mol. The van der Waals surface area contributed by atoms with Crippen LogP contribution < -0.4 is 14.4 Å². The number of piperidine rings is 1. The molecule has 3 heterocycles. The Hall–Kier alpha value is -4.95. The van der Waals surface area contributed by atoms with Gasteiger partial charge in [0.15, 0.2) is 11.9 Å². The number of likely N-dealkylation sites (tertiary alicyclic amines) is 1. The van der Waals surface area contributed by atoms with Crippen LogP contribution in [0.25, 0.3) is 0 Å². The number of benzene rings is 2. The molecule has 1 amide bonds. The number of aromatic nitrogens is 4. The number of nitrogens with zero attached hydrogens (tertiary/aromatic N) is 7. The zero-order chi connectivity index (χ0) is 43.4. The second kappa shape index (κ2) is 25.1. The summed E-state index contributed by atoms with van der Waals surface area (Å²) in [5, 5.41) is 48.3. The van der Waals surface area contributed by atoms with Gasteiger partial charge in [0.05, 0.1) is 75.8 Å². The molecule has 1 fully saturated rings. The van der Waals surface area contributed by atoms with Crippen LogP contribution in [0.3, 0.4) is 0 Å². The Bertz CT molecular complexity index is 1730. The molecule has 0 aliphatic carbocycles. The summed E-state index contributed by atoms with van der Waals surface area (Å²) in [5.41, 5.74) is 2.82. The van der Waals surface area contributed by atoms with Crippen LogP contribution in [-0.2, 0) is 40.0 Å². The van der Waals surface area contributed by atoms with E-state index in [1.54, 1.807) is 19.1 Å². The lowest BCUT2D eigenvalue weighted by molar-refractivity contribution is -0.492. The number of rotatable bonds is 25. The minimum atomic E-state index is -1.08. The van der Waals surface area contributed by atoms with Crippen LogP contribution in [0.4, 0.5) is 15.3 Å². The van der Waals surface area contributed by atoms with Gasteiger partial charge < -0.3 is 43.0 Å². The van der Waals surface area contributed by atoms with Crippen LogP contribution in [-0.4, -0.2) is 155 Å². The summed E-state index contributed by atoms with van der Waals surface area (Å²) < 4.78 is 40.2. The Kier molecular flexibility index (Phi) is 19.4. The van der Waals surface area contributed by atoms with Crippen LogP contribution in [0.1, 0.15) is 73.9 Å². The van der Waals surface area contributed by atoms with Crippen LogP contribution in [0.5, 0.6) is 11.5 Å². The maximum atomic E-state index is 14.0. The number of hydrogen-bond donors (Lipinski definition) is 5. The van der Waals surface area contributed by atoms with E-state index in [0.29, 0.717) is 51.1 Å². The van der Waals surface area contributed by atoms with Gasteiger partial charge in [0.1, 0.15) is 18.1 Å². The number of hydrogen-bond acceptors (Lipinski definition) is 21. The fraction of sp³-hybridized carbons (Fsp3) is 0.605. The van der Waals surface area contributed by atoms with Crippen molar-refractivity contribution in [3.05, 3.63) is 59.4 Å². The van der Waals surface area contributed by atoms with Gasteiger partial charge in [-0.1, -0.05) is 18.2 Å². The molecular weight excluding hydrogens is 808 g/mol. The van der Waals surface area contributed by atoms with Crippen molar-refractivity contribution >= 4 is 17.9 Å². The van der Waals surface area contributed by atoms with E-state index in [2.05, 4.69) is 41.3 Å². The van der Waals surface area contributed by atoms with Gasteiger partial charge in [0.2, 0.25) is 0 Å². The molecule has 0 spiro atoms. The first kappa shape index (κ1) is 47.1. The predicted octanol–water partition coefficient (Wildman–Crippen LogP) is 4.19. The minimum absolute atomic E-state index is 0.00569. The number of carbonyl (C=O) groups excluding carboxylic acids is 2. The van der Waals surface area contributed by atoms with Crippen molar-refractivity contribution in [1.82, 2.24) is 36.3 Å². The van der Waals surface area contributed by atoms with Gasteiger partial charge in [-0.05, 0) is 84.3 Å². The van der Waals surface area contributed by atoms with Gasteiger partial charge in [0.25, 0.3) is 0 Å². The monoisotopic (exact) mass is 864 g/mol. The van der Waals surface area contributed by atoms with Crippen molar-refractivity contribution < 1.29 is 73.3 Å². The van der Waals surface area contributed by atoms with Crippen LogP contribution in [0.15, 0.2) is 42.5 Å². The fourth-order valence-corrected chi connectivity index (χ4v) is 7.12. The van der Waals surface area contributed by atoms with Crippen LogP contribution in [0, 0.1) is 0 Å². The molecule has 5 N–H and O–H groups in total. The molecule has 1 saturated heterocycles. The summed E-state index contributed by atoms with van der Waals surface area (Å²) in [7, 11) is 3.27. The summed E-state index contributed by atoms with van der Waals surface area (Å²) in [6.07, 6.45) is -0.611. The van der Waals surface area contributed by atoms with Crippen molar-refractivity contribution in [2.24, 2.45) is 0 Å². The molecule has 2 aliphatic heterocycles. The van der Waals surface area contributed by atoms with E-state index in [-0.39, 0.29) is 63.1 Å². The summed E-state index contributed by atoms with van der Waals surface area (Å²) in [6.45, 7) is 3.00. The number of aromatic amines is 1. The molecule has 2 aromatic carbocycles.